The molecule has 0 aliphatic carbocycles. The molecule has 114 valence electrons. The normalized spacial score (nSPS) is 15.7. The van der Waals surface area contributed by atoms with Crippen LogP contribution in [0.5, 0.6) is 5.75 Å². The fourth-order valence-corrected chi connectivity index (χ4v) is 2.72. The zero-order valence-corrected chi connectivity index (χ0v) is 12.4. The van der Waals surface area contributed by atoms with Crippen LogP contribution in [0.1, 0.15) is 15.9 Å². The van der Waals surface area contributed by atoms with E-state index in [9.17, 15) is 9.59 Å². The average Bonchev–Trinajstić information content (AvgIpc) is 2.84. The summed E-state index contributed by atoms with van der Waals surface area (Å²) in [7, 11) is 1.65. The second-order valence-corrected chi connectivity index (χ2v) is 5.44. The number of ketones is 1. The quantitative estimate of drug-likeness (QED) is 0.649. The largest absolute Gasteiger partial charge is 0.488 e. The number of hydrogen-bond acceptors (Lipinski definition) is 4. The van der Waals surface area contributed by atoms with Crippen molar-refractivity contribution in [3.05, 3.63) is 69.7 Å². The lowest BCUT2D eigenvalue weighted by Gasteiger charge is -2.18. The van der Waals surface area contributed by atoms with Gasteiger partial charge in [-0.1, -0.05) is 18.2 Å². The topological polar surface area (TPSA) is 61.4 Å². The highest BCUT2D eigenvalue weighted by atomic mass is 16.5. The summed E-state index contributed by atoms with van der Waals surface area (Å²) in [5.41, 5.74) is 3.14. The standard InChI is InChI=1S/C18H13NO4/c1-19-14-7-6-11(9-16(14)23-18(19)21)8-12-10-22-15-5-3-2-4-13(15)17(12)20/h2-9H,10H2,1H3. The predicted molar refractivity (Wildman–Crippen MR) is 85.7 cm³/mol. The van der Waals surface area contributed by atoms with Crippen LogP contribution in [0.2, 0.25) is 0 Å². The maximum Gasteiger partial charge on any atom is 0.419 e. The van der Waals surface area contributed by atoms with E-state index in [2.05, 4.69) is 0 Å². The van der Waals surface area contributed by atoms with Crippen molar-refractivity contribution in [3.8, 4) is 5.75 Å². The molecular formula is C18H13NO4. The number of carbonyl (C=O) groups excluding carboxylic acids is 1. The van der Waals surface area contributed by atoms with Crippen molar-refractivity contribution < 1.29 is 13.9 Å². The van der Waals surface area contributed by atoms with Gasteiger partial charge in [0, 0.05) is 12.6 Å². The van der Waals surface area contributed by atoms with Crippen LogP contribution in [0.15, 0.2) is 57.2 Å². The van der Waals surface area contributed by atoms with Gasteiger partial charge in [0.05, 0.1) is 11.1 Å². The predicted octanol–water partition coefficient (Wildman–Crippen LogP) is 2.79. The summed E-state index contributed by atoms with van der Waals surface area (Å²) < 4.78 is 12.2. The molecule has 0 N–H and O–H groups in total. The fourth-order valence-electron chi connectivity index (χ4n) is 2.72. The van der Waals surface area contributed by atoms with Crippen LogP contribution in [0.3, 0.4) is 0 Å². The van der Waals surface area contributed by atoms with Gasteiger partial charge in [-0.25, -0.2) is 4.79 Å². The molecule has 0 atom stereocenters. The third kappa shape index (κ3) is 2.17. The minimum Gasteiger partial charge on any atom is -0.488 e. The van der Waals surface area contributed by atoms with Crippen molar-refractivity contribution in [2.75, 3.05) is 6.61 Å². The van der Waals surface area contributed by atoms with Crippen molar-refractivity contribution in [3.63, 3.8) is 0 Å². The maximum atomic E-state index is 12.5. The van der Waals surface area contributed by atoms with E-state index in [4.69, 9.17) is 9.15 Å². The first kappa shape index (κ1) is 13.6. The molecule has 0 spiro atoms. The van der Waals surface area contributed by atoms with Gasteiger partial charge in [0.2, 0.25) is 0 Å². The van der Waals surface area contributed by atoms with Crippen LogP contribution in [0.4, 0.5) is 0 Å². The average molecular weight is 307 g/mol. The molecule has 2 heterocycles. The number of aryl methyl sites for hydroxylation is 1. The van der Waals surface area contributed by atoms with Crippen LogP contribution in [-0.2, 0) is 7.05 Å². The molecule has 0 saturated carbocycles. The van der Waals surface area contributed by atoms with Crippen LogP contribution in [0, 0.1) is 0 Å². The minimum absolute atomic E-state index is 0.0403. The zero-order valence-electron chi connectivity index (χ0n) is 12.4. The first-order valence-corrected chi connectivity index (χ1v) is 7.20. The highest BCUT2D eigenvalue weighted by Crippen LogP contribution is 2.28. The molecule has 1 aliphatic heterocycles. The molecule has 5 nitrogen and oxygen atoms in total. The highest BCUT2D eigenvalue weighted by Gasteiger charge is 2.22. The summed E-state index contributed by atoms with van der Waals surface area (Å²) in [6.45, 7) is 0.229. The van der Waals surface area contributed by atoms with E-state index in [1.165, 1.54) is 4.57 Å². The highest BCUT2D eigenvalue weighted by molar-refractivity contribution is 6.14. The molecule has 4 rings (SSSR count). The second-order valence-electron chi connectivity index (χ2n) is 5.44. The van der Waals surface area contributed by atoms with Gasteiger partial charge in [0.1, 0.15) is 12.4 Å². The molecule has 0 fully saturated rings. The van der Waals surface area contributed by atoms with E-state index < -0.39 is 5.76 Å². The van der Waals surface area contributed by atoms with Gasteiger partial charge < -0.3 is 9.15 Å². The van der Waals surface area contributed by atoms with Crippen LogP contribution < -0.4 is 10.5 Å². The molecule has 1 aliphatic rings. The number of aromatic nitrogens is 1. The Labute approximate surface area is 131 Å². The third-order valence-electron chi connectivity index (χ3n) is 3.96. The van der Waals surface area contributed by atoms with Gasteiger partial charge in [-0.05, 0) is 35.9 Å². The van der Waals surface area contributed by atoms with Crippen LogP contribution >= 0.6 is 0 Å². The molecule has 2 aromatic carbocycles. The molecule has 5 heteroatoms. The summed E-state index contributed by atoms with van der Waals surface area (Å²) >= 11 is 0. The van der Waals surface area contributed by atoms with Gasteiger partial charge in [-0.3, -0.25) is 9.36 Å². The lowest BCUT2D eigenvalue weighted by molar-refractivity contribution is 0.100. The number of nitrogens with zero attached hydrogens (tertiary/aromatic N) is 1. The summed E-state index contributed by atoms with van der Waals surface area (Å²) in [5.74, 6) is 0.163. The number of hydrogen-bond donors (Lipinski definition) is 0. The summed E-state index contributed by atoms with van der Waals surface area (Å²) in [6.07, 6.45) is 1.77. The van der Waals surface area contributed by atoms with Crippen molar-refractivity contribution in [2.24, 2.45) is 7.05 Å². The number of ether oxygens (including phenoxy) is 1. The number of Topliss-reactive ketones (excluding diaryl/α,β-unsaturated/α-hetero) is 1. The SMILES string of the molecule is Cn1c(=O)oc2cc(C=C3COc4ccccc4C3=O)ccc21. The molecule has 0 saturated heterocycles. The first-order valence-electron chi connectivity index (χ1n) is 7.20. The third-order valence-corrected chi connectivity index (χ3v) is 3.96. The number of benzene rings is 2. The molecule has 0 amide bonds. The molecule has 3 aromatic rings. The number of carbonyl (C=O) groups is 1. The summed E-state index contributed by atoms with van der Waals surface area (Å²) in [6, 6.07) is 12.6. The molecule has 0 unspecified atom stereocenters. The molecule has 0 bridgehead atoms. The van der Waals surface area contributed by atoms with Gasteiger partial charge in [0.25, 0.3) is 0 Å². The molecular weight excluding hydrogens is 294 g/mol. The molecule has 0 radical (unpaired) electrons. The Kier molecular flexibility index (Phi) is 2.94. The Hall–Kier alpha value is -3.08. The Morgan fingerprint density at radius 2 is 1.96 bits per heavy atom. The van der Waals surface area contributed by atoms with Crippen molar-refractivity contribution >= 4 is 23.0 Å². The molecule has 23 heavy (non-hydrogen) atoms. The fraction of sp³-hybridized carbons (Fsp3) is 0.111. The van der Waals surface area contributed by atoms with E-state index >= 15 is 0 Å². The van der Waals surface area contributed by atoms with Crippen molar-refractivity contribution in [1.82, 2.24) is 4.57 Å². The van der Waals surface area contributed by atoms with E-state index in [1.807, 2.05) is 18.2 Å². The number of oxazole rings is 1. The monoisotopic (exact) mass is 307 g/mol. The van der Waals surface area contributed by atoms with Gasteiger partial charge in [-0.2, -0.15) is 0 Å². The van der Waals surface area contributed by atoms with E-state index in [0.717, 1.165) is 5.56 Å². The number of para-hydroxylation sites is 1. The van der Waals surface area contributed by atoms with E-state index in [0.29, 0.717) is 28.0 Å². The van der Waals surface area contributed by atoms with E-state index in [1.54, 1.807) is 37.4 Å². The first-order chi connectivity index (χ1) is 11.1. The Bertz CT molecular complexity index is 1020. The van der Waals surface area contributed by atoms with Crippen LogP contribution in [0.25, 0.3) is 17.2 Å². The molecule has 1 aromatic heterocycles. The van der Waals surface area contributed by atoms with Gasteiger partial charge in [-0.15, -0.1) is 0 Å². The van der Waals surface area contributed by atoms with Crippen molar-refractivity contribution in [2.45, 2.75) is 0 Å². The van der Waals surface area contributed by atoms with Gasteiger partial charge in [0.15, 0.2) is 11.4 Å². The Morgan fingerprint density at radius 1 is 1.13 bits per heavy atom. The minimum atomic E-state index is -0.407. The van der Waals surface area contributed by atoms with Crippen molar-refractivity contribution in [1.29, 1.82) is 0 Å². The lowest BCUT2D eigenvalue weighted by atomic mass is 9.98. The van der Waals surface area contributed by atoms with Crippen LogP contribution in [-0.4, -0.2) is 17.0 Å². The summed E-state index contributed by atoms with van der Waals surface area (Å²) in [5, 5.41) is 0. The summed E-state index contributed by atoms with van der Waals surface area (Å²) in [4.78, 5) is 24.1. The van der Waals surface area contributed by atoms with E-state index in [-0.39, 0.29) is 12.4 Å². The lowest BCUT2D eigenvalue weighted by Crippen LogP contribution is -2.18. The maximum absolute atomic E-state index is 12.5. The number of rotatable bonds is 1. The zero-order chi connectivity index (χ0) is 16.0. The smallest absolute Gasteiger partial charge is 0.419 e. The Balaban J connectivity index is 1.76. The van der Waals surface area contributed by atoms with Gasteiger partial charge >= 0.3 is 5.76 Å². The number of fused-ring (bicyclic) bond motifs is 2. The Morgan fingerprint density at radius 3 is 2.83 bits per heavy atom. The second kappa shape index (κ2) is 4.98.